The standard InChI is InChI=1S/C14H22N6OS/c1-4-21-14-18-17-12(22-14)7-15-10-5-6-11-16-13(9(2)3)19-20(11)8-10/h9-10,15H,4-8H2,1-3H3/t10-/m1/s1. The van der Waals surface area contributed by atoms with Crippen molar-refractivity contribution in [1.29, 1.82) is 0 Å². The van der Waals surface area contributed by atoms with E-state index in [-0.39, 0.29) is 0 Å². The van der Waals surface area contributed by atoms with E-state index in [4.69, 9.17) is 4.74 Å². The molecule has 120 valence electrons. The number of aryl methyl sites for hydroxylation is 1. The summed E-state index contributed by atoms with van der Waals surface area (Å²) in [4.78, 5) is 4.61. The summed E-state index contributed by atoms with van der Waals surface area (Å²) in [7, 11) is 0. The Morgan fingerprint density at radius 1 is 1.41 bits per heavy atom. The smallest absolute Gasteiger partial charge is 0.294 e. The van der Waals surface area contributed by atoms with Gasteiger partial charge < -0.3 is 10.1 Å². The van der Waals surface area contributed by atoms with Crippen molar-refractivity contribution in [2.75, 3.05) is 6.61 Å². The van der Waals surface area contributed by atoms with Crippen molar-refractivity contribution in [3.63, 3.8) is 0 Å². The van der Waals surface area contributed by atoms with E-state index in [2.05, 4.69) is 39.4 Å². The second kappa shape index (κ2) is 6.70. The number of hydrogen-bond acceptors (Lipinski definition) is 7. The van der Waals surface area contributed by atoms with E-state index < -0.39 is 0 Å². The average molecular weight is 322 g/mol. The monoisotopic (exact) mass is 322 g/mol. The summed E-state index contributed by atoms with van der Waals surface area (Å²) in [5.41, 5.74) is 0. The summed E-state index contributed by atoms with van der Waals surface area (Å²) in [5.74, 6) is 2.43. The predicted molar refractivity (Wildman–Crippen MR) is 84.1 cm³/mol. The molecule has 22 heavy (non-hydrogen) atoms. The molecule has 2 aromatic heterocycles. The summed E-state index contributed by atoms with van der Waals surface area (Å²) in [6.45, 7) is 8.41. The van der Waals surface area contributed by atoms with Gasteiger partial charge in [-0.2, -0.15) is 5.10 Å². The first-order valence-corrected chi connectivity index (χ1v) is 8.59. The molecule has 8 heteroatoms. The Labute approximate surface area is 134 Å². The molecule has 1 aliphatic rings. The molecule has 0 fully saturated rings. The van der Waals surface area contributed by atoms with Gasteiger partial charge in [-0.25, -0.2) is 9.67 Å². The van der Waals surface area contributed by atoms with Gasteiger partial charge in [0.1, 0.15) is 10.8 Å². The molecule has 3 heterocycles. The lowest BCUT2D eigenvalue weighted by Gasteiger charge is -2.23. The van der Waals surface area contributed by atoms with E-state index >= 15 is 0 Å². The van der Waals surface area contributed by atoms with Crippen molar-refractivity contribution in [1.82, 2.24) is 30.3 Å². The second-order valence-electron chi connectivity index (χ2n) is 5.73. The molecule has 1 N–H and O–H groups in total. The van der Waals surface area contributed by atoms with Crippen LogP contribution in [0.5, 0.6) is 5.19 Å². The Morgan fingerprint density at radius 2 is 2.27 bits per heavy atom. The Bertz CT molecular complexity index is 623. The van der Waals surface area contributed by atoms with Crippen LogP contribution >= 0.6 is 11.3 Å². The lowest BCUT2D eigenvalue weighted by atomic mass is 10.1. The van der Waals surface area contributed by atoms with Crippen molar-refractivity contribution in [2.24, 2.45) is 0 Å². The highest BCUT2D eigenvalue weighted by Crippen LogP contribution is 2.19. The zero-order valence-corrected chi connectivity index (χ0v) is 14.1. The highest BCUT2D eigenvalue weighted by Gasteiger charge is 2.22. The fourth-order valence-corrected chi connectivity index (χ4v) is 3.16. The zero-order chi connectivity index (χ0) is 15.5. The predicted octanol–water partition coefficient (Wildman–Crippen LogP) is 1.76. The number of ether oxygens (including phenoxy) is 1. The fraction of sp³-hybridized carbons (Fsp3) is 0.714. The minimum atomic E-state index is 0.378. The van der Waals surface area contributed by atoms with E-state index in [1.165, 1.54) is 11.3 Å². The van der Waals surface area contributed by atoms with Crippen LogP contribution < -0.4 is 10.1 Å². The van der Waals surface area contributed by atoms with Crippen molar-refractivity contribution < 1.29 is 4.74 Å². The molecule has 1 aliphatic heterocycles. The Morgan fingerprint density at radius 3 is 3.05 bits per heavy atom. The van der Waals surface area contributed by atoms with Gasteiger partial charge in [0.05, 0.1) is 19.7 Å². The largest absolute Gasteiger partial charge is 0.469 e. The summed E-state index contributed by atoms with van der Waals surface area (Å²) in [5, 5.41) is 17.9. The van der Waals surface area contributed by atoms with Crippen LogP contribution in [0.15, 0.2) is 0 Å². The van der Waals surface area contributed by atoms with Crippen LogP contribution in [0.2, 0.25) is 0 Å². The zero-order valence-electron chi connectivity index (χ0n) is 13.2. The second-order valence-corrected chi connectivity index (χ2v) is 6.76. The molecule has 0 amide bonds. The lowest BCUT2D eigenvalue weighted by Crippen LogP contribution is -2.37. The molecule has 0 bridgehead atoms. The maximum atomic E-state index is 5.34. The van der Waals surface area contributed by atoms with Crippen molar-refractivity contribution in [3.8, 4) is 5.19 Å². The SMILES string of the molecule is CCOc1nnc(CN[C@@H]2CCc3nc(C(C)C)nn3C2)s1. The molecule has 0 spiro atoms. The van der Waals surface area contributed by atoms with Crippen molar-refractivity contribution in [2.45, 2.75) is 58.7 Å². The Balaban J connectivity index is 1.55. The van der Waals surface area contributed by atoms with Crippen LogP contribution in [0.3, 0.4) is 0 Å². The number of nitrogens with one attached hydrogen (secondary N) is 1. The molecule has 0 saturated carbocycles. The van der Waals surface area contributed by atoms with Gasteiger partial charge in [0, 0.05) is 18.4 Å². The van der Waals surface area contributed by atoms with E-state index in [9.17, 15) is 0 Å². The third kappa shape index (κ3) is 3.44. The van der Waals surface area contributed by atoms with Gasteiger partial charge in [-0.3, -0.25) is 0 Å². The van der Waals surface area contributed by atoms with Gasteiger partial charge in [-0.15, -0.1) is 10.2 Å². The van der Waals surface area contributed by atoms with Crippen LogP contribution in [0.4, 0.5) is 0 Å². The van der Waals surface area contributed by atoms with E-state index in [1.807, 2.05) is 11.6 Å². The lowest BCUT2D eigenvalue weighted by molar-refractivity contribution is 0.335. The van der Waals surface area contributed by atoms with Gasteiger partial charge in [-0.05, 0) is 13.3 Å². The molecule has 0 saturated heterocycles. The summed E-state index contributed by atoms with van der Waals surface area (Å²) >= 11 is 1.50. The van der Waals surface area contributed by atoms with Crippen molar-refractivity contribution in [3.05, 3.63) is 16.7 Å². The van der Waals surface area contributed by atoms with E-state index in [0.717, 1.165) is 42.6 Å². The molecular formula is C14H22N6OS. The normalized spacial score (nSPS) is 17.7. The number of fused-ring (bicyclic) bond motifs is 1. The first-order chi connectivity index (χ1) is 10.7. The maximum absolute atomic E-state index is 5.34. The number of nitrogens with zero attached hydrogens (tertiary/aromatic N) is 5. The summed E-state index contributed by atoms with van der Waals surface area (Å²) in [6.07, 6.45) is 2.05. The molecule has 3 rings (SSSR count). The fourth-order valence-electron chi connectivity index (χ4n) is 2.46. The van der Waals surface area contributed by atoms with Crippen LogP contribution in [-0.4, -0.2) is 37.6 Å². The molecular weight excluding hydrogens is 300 g/mol. The molecule has 2 aromatic rings. The minimum Gasteiger partial charge on any atom is -0.469 e. The number of aromatic nitrogens is 5. The van der Waals surface area contributed by atoms with Crippen LogP contribution in [0.1, 0.15) is 49.8 Å². The highest BCUT2D eigenvalue weighted by molar-refractivity contribution is 7.13. The number of rotatable bonds is 6. The highest BCUT2D eigenvalue weighted by atomic mass is 32.1. The first-order valence-electron chi connectivity index (χ1n) is 7.78. The topological polar surface area (TPSA) is 77.8 Å². The van der Waals surface area contributed by atoms with Crippen molar-refractivity contribution >= 4 is 11.3 Å². The molecule has 0 unspecified atom stereocenters. The van der Waals surface area contributed by atoms with Gasteiger partial charge in [0.2, 0.25) is 0 Å². The van der Waals surface area contributed by atoms with Crippen LogP contribution in [-0.2, 0) is 19.5 Å². The van der Waals surface area contributed by atoms with Crippen LogP contribution in [0.25, 0.3) is 0 Å². The van der Waals surface area contributed by atoms with E-state index in [1.54, 1.807) is 0 Å². The Hall–Kier alpha value is -1.54. The Kier molecular flexibility index (Phi) is 4.68. The number of hydrogen-bond donors (Lipinski definition) is 1. The van der Waals surface area contributed by atoms with Gasteiger partial charge in [-0.1, -0.05) is 25.2 Å². The summed E-state index contributed by atoms with van der Waals surface area (Å²) in [6, 6.07) is 0.397. The van der Waals surface area contributed by atoms with Gasteiger partial charge >= 0.3 is 0 Å². The molecule has 0 aliphatic carbocycles. The van der Waals surface area contributed by atoms with E-state index in [0.29, 0.717) is 23.8 Å². The molecule has 0 radical (unpaired) electrons. The van der Waals surface area contributed by atoms with Gasteiger partial charge in [0.15, 0.2) is 5.82 Å². The third-order valence-electron chi connectivity index (χ3n) is 3.65. The summed E-state index contributed by atoms with van der Waals surface area (Å²) < 4.78 is 7.39. The molecule has 7 nitrogen and oxygen atoms in total. The first kappa shape index (κ1) is 15.4. The average Bonchev–Trinajstić information content (AvgIpc) is 3.11. The maximum Gasteiger partial charge on any atom is 0.294 e. The quantitative estimate of drug-likeness (QED) is 0.873. The minimum absolute atomic E-state index is 0.378. The molecule has 1 atom stereocenters. The third-order valence-corrected chi connectivity index (χ3v) is 4.48. The molecule has 0 aromatic carbocycles. The van der Waals surface area contributed by atoms with Gasteiger partial charge in [0.25, 0.3) is 5.19 Å². The van der Waals surface area contributed by atoms with Crippen LogP contribution in [0, 0.1) is 0 Å².